The Morgan fingerprint density at radius 1 is 1.04 bits per heavy atom. The molecular formula is C36H40F3N7O4. The Balaban J connectivity index is 1.01. The molecule has 3 aromatic rings. The molecule has 50 heavy (non-hydrogen) atoms. The van der Waals surface area contributed by atoms with E-state index in [4.69, 9.17) is 4.74 Å². The highest BCUT2D eigenvalue weighted by Gasteiger charge is 2.57. The number of benzene rings is 1. The van der Waals surface area contributed by atoms with Crippen LogP contribution in [0.15, 0.2) is 36.8 Å². The first kappa shape index (κ1) is 32.7. The number of carboxylic acids is 1. The van der Waals surface area contributed by atoms with Crippen molar-refractivity contribution in [1.29, 1.82) is 0 Å². The van der Waals surface area contributed by atoms with Crippen molar-refractivity contribution in [2.45, 2.75) is 88.2 Å². The van der Waals surface area contributed by atoms with Crippen molar-refractivity contribution in [3.05, 3.63) is 59.4 Å². The quantitative estimate of drug-likeness (QED) is 0.301. The van der Waals surface area contributed by atoms with Crippen molar-refractivity contribution in [3.8, 4) is 5.75 Å². The van der Waals surface area contributed by atoms with Crippen LogP contribution in [0.2, 0.25) is 0 Å². The monoisotopic (exact) mass is 691 g/mol. The van der Waals surface area contributed by atoms with E-state index < -0.39 is 40.4 Å². The molecule has 4 atom stereocenters. The first-order chi connectivity index (χ1) is 23.8. The zero-order valence-corrected chi connectivity index (χ0v) is 28.0. The normalized spacial score (nSPS) is 26.9. The van der Waals surface area contributed by atoms with E-state index in [0.717, 1.165) is 67.7 Å². The number of hydrogen-bond donors (Lipinski definition) is 2. The summed E-state index contributed by atoms with van der Waals surface area (Å²) in [4.78, 5) is 47.0. The molecule has 3 saturated carbocycles. The van der Waals surface area contributed by atoms with Gasteiger partial charge in [0.25, 0.3) is 11.8 Å². The minimum absolute atomic E-state index is 0.0266. The summed E-state index contributed by atoms with van der Waals surface area (Å²) in [5.74, 6) is -4.49. The number of carboxylic acid groups (broad SMARTS) is 1. The third kappa shape index (κ3) is 5.69. The highest BCUT2D eigenvalue weighted by Crippen LogP contribution is 2.58. The lowest BCUT2D eigenvalue weighted by Crippen LogP contribution is -2.57. The van der Waals surface area contributed by atoms with Crippen LogP contribution in [0.4, 0.5) is 30.8 Å². The molecule has 3 aliphatic carbocycles. The molecule has 11 nitrogen and oxygen atoms in total. The Morgan fingerprint density at radius 2 is 1.76 bits per heavy atom. The molecule has 0 radical (unpaired) electrons. The Bertz CT molecular complexity index is 1830. The summed E-state index contributed by atoms with van der Waals surface area (Å²) in [5, 5.41) is 13.0. The number of ether oxygens (including phenoxy) is 1. The number of nitrogens with one attached hydrogen (secondary N) is 1. The van der Waals surface area contributed by atoms with Gasteiger partial charge in [-0.25, -0.2) is 29.1 Å². The van der Waals surface area contributed by atoms with E-state index in [0.29, 0.717) is 51.3 Å². The van der Waals surface area contributed by atoms with Gasteiger partial charge in [0.15, 0.2) is 5.82 Å². The summed E-state index contributed by atoms with van der Waals surface area (Å²) in [6.07, 6.45) is 9.25. The maximum atomic E-state index is 15.2. The summed E-state index contributed by atoms with van der Waals surface area (Å²) < 4.78 is 50.0. The first-order valence-electron chi connectivity index (χ1n) is 17.5. The van der Waals surface area contributed by atoms with Gasteiger partial charge in [-0.1, -0.05) is 6.92 Å². The number of fused-ring (bicyclic) bond motifs is 4. The average Bonchev–Trinajstić information content (AvgIpc) is 3.73. The second-order valence-electron chi connectivity index (χ2n) is 15.2. The molecule has 4 unspecified atom stereocenters. The van der Waals surface area contributed by atoms with Crippen LogP contribution in [-0.2, 0) is 16.1 Å². The highest BCUT2D eigenvalue weighted by molar-refractivity contribution is 5.99. The number of aliphatic carboxylic acids is 1. The number of alkyl halides is 2. The molecule has 1 spiro atoms. The number of carbonyl (C=O) groups excluding carboxylic acids is 1. The Labute approximate surface area is 287 Å². The van der Waals surface area contributed by atoms with Crippen molar-refractivity contribution in [2.24, 2.45) is 17.8 Å². The molecule has 4 heterocycles. The number of hydrogen-bond acceptors (Lipinski definition) is 9. The topological polar surface area (TPSA) is 134 Å². The van der Waals surface area contributed by atoms with Crippen molar-refractivity contribution in [2.75, 3.05) is 29.4 Å². The SMILES string of the molecule is CC1CC2CC(C1)C(NC(=O)c1cnc(N3CC4(CC4)c4cc(OC5CCN(c6ncc(F)cn6)CC5)ccc43)nc1C(C)(F)F)(C(=O)O)C2. The van der Waals surface area contributed by atoms with E-state index in [2.05, 4.69) is 32.2 Å². The minimum atomic E-state index is -3.49. The third-order valence-corrected chi connectivity index (χ3v) is 11.5. The lowest BCUT2D eigenvalue weighted by atomic mass is 9.78. The van der Waals surface area contributed by atoms with E-state index in [1.807, 2.05) is 28.0 Å². The maximum absolute atomic E-state index is 15.2. The molecule has 2 bridgehead atoms. The first-order valence-corrected chi connectivity index (χ1v) is 17.5. The highest BCUT2D eigenvalue weighted by atomic mass is 19.3. The molecule has 2 N–H and O–H groups in total. The maximum Gasteiger partial charge on any atom is 0.329 e. The van der Waals surface area contributed by atoms with Crippen molar-refractivity contribution in [3.63, 3.8) is 0 Å². The van der Waals surface area contributed by atoms with E-state index in [1.54, 1.807) is 0 Å². The van der Waals surface area contributed by atoms with Gasteiger partial charge >= 0.3 is 5.97 Å². The number of aromatic nitrogens is 4. The van der Waals surface area contributed by atoms with Gasteiger partial charge < -0.3 is 25.0 Å². The molecule has 4 fully saturated rings. The number of halogens is 3. The van der Waals surface area contributed by atoms with Crippen molar-refractivity contribution < 1.29 is 32.6 Å². The van der Waals surface area contributed by atoms with Gasteiger partial charge in [0.05, 0.1) is 18.0 Å². The molecule has 1 aromatic carbocycles. The van der Waals surface area contributed by atoms with Gasteiger partial charge in [0, 0.05) is 56.7 Å². The van der Waals surface area contributed by atoms with Crippen LogP contribution in [0.25, 0.3) is 0 Å². The van der Waals surface area contributed by atoms with Gasteiger partial charge in [-0.3, -0.25) is 4.79 Å². The van der Waals surface area contributed by atoms with E-state index in [1.165, 1.54) is 0 Å². The van der Waals surface area contributed by atoms with Gasteiger partial charge in [-0.2, -0.15) is 8.78 Å². The number of piperidine rings is 1. The zero-order valence-electron chi connectivity index (χ0n) is 28.0. The Kier molecular flexibility index (Phi) is 7.72. The molecule has 14 heteroatoms. The largest absolute Gasteiger partial charge is 0.490 e. The second kappa shape index (κ2) is 11.8. The number of rotatable bonds is 8. The van der Waals surface area contributed by atoms with Gasteiger partial charge in [0.1, 0.15) is 23.1 Å². The average molecular weight is 692 g/mol. The van der Waals surface area contributed by atoms with Crippen molar-refractivity contribution >= 4 is 29.5 Å². The summed E-state index contributed by atoms with van der Waals surface area (Å²) >= 11 is 0. The van der Waals surface area contributed by atoms with Gasteiger partial charge in [-0.15, -0.1) is 0 Å². The van der Waals surface area contributed by atoms with Gasteiger partial charge in [0.2, 0.25) is 11.9 Å². The number of amides is 1. The molecule has 8 rings (SSSR count). The molecule has 2 aliphatic heterocycles. The Morgan fingerprint density at radius 3 is 2.44 bits per heavy atom. The predicted molar refractivity (Wildman–Crippen MR) is 176 cm³/mol. The van der Waals surface area contributed by atoms with E-state index in [9.17, 15) is 19.1 Å². The van der Waals surface area contributed by atoms with Gasteiger partial charge in [-0.05, 0) is 80.0 Å². The zero-order chi connectivity index (χ0) is 35.0. The van der Waals surface area contributed by atoms with Crippen molar-refractivity contribution in [1.82, 2.24) is 25.3 Å². The molecule has 264 valence electrons. The fraction of sp³-hybridized carbons (Fsp3) is 0.556. The smallest absolute Gasteiger partial charge is 0.329 e. The molecule has 2 aromatic heterocycles. The van der Waals surface area contributed by atoms with Crippen LogP contribution >= 0.6 is 0 Å². The predicted octanol–water partition coefficient (Wildman–Crippen LogP) is 5.76. The van der Waals surface area contributed by atoms with Crippen LogP contribution in [0.5, 0.6) is 5.75 Å². The van der Waals surface area contributed by atoms with Crippen LogP contribution < -0.4 is 19.9 Å². The van der Waals surface area contributed by atoms with Crippen LogP contribution in [0.3, 0.4) is 0 Å². The van der Waals surface area contributed by atoms with Crippen LogP contribution in [0, 0.1) is 23.6 Å². The fourth-order valence-corrected chi connectivity index (χ4v) is 8.99. The summed E-state index contributed by atoms with van der Waals surface area (Å²) in [7, 11) is 0. The molecule has 1 amide bonds. The fourth-order valence-electron chi connectivity index (χ4n) is 8.99. The Hall–Kier alpha value is -4.49. The molecule has 5 aliphatic rings. The minimum Gasteiger partial charge on any atom is -0.490 e. The van der Waals surface area contributed by atoms with Crippen LogP contribution in [-0.4, -0.2) is 68.2 Å². The number of anilines is 3. The summed E-state index contributed by atoms with van der Waals surface area (Å²) in [6, 6.07) is 5.80. The summed E-state index contributed by atoms with van der Waals surface area (Å²) in [6.45, 7) is 4.62. The van der Waals surface area contributed by atoms with E-state index >= 15 is 8.78 Å². The molecular weight excluding hydrogens is 651 g/mol. The third-order valence-electron chi connectivity index (χ3n) is 11.5. The lowest BCUT2D eigenvalue weighted by Gasteiger charge is -2.33. The second-order valence-corrected chi connectivity index (χ2v) is 15.2. The number of carbonyl (C=O) groups is 2. The lowest BCUT2D eigenvalue weighted by molar-refractivity contribution is -0.146. The summed E-state index contributed by atoms with van der Waals surface area (Å²) in [5.41, 5.74) is -0.975. The van der Waals surface area contributed by atoms with Crippen LogP contribution in [0.1, 0.15) is 86.8 Å². The van der Waals surface area contributed by atoms with E-state index in [-0.39, 0.29) is 35.7 Å². The standard InChI is InChI=1S/C36H40F3N7O4/c1-20-11-21-13-22(12-20)36(15-21,31(48)49)44-30(47)26-18-42-33(43-29(26)34(2,38)39)46-19-35(7-8-35)27-14-25(3-4-28(27)46)50-24-5-9-45(10-6-24)32-40-16-23(37)17-41-32/h3-4,14,16-18,20-22,24H,5-13,15,19H2,1-2H3,(H,44,47)(H,48,49). The molecule has 1 saturated heterocycles. The number of nitrogens with zero attached hydrogens (tertiary/aromatic N) is 6.